The maximum absolute atomic E-state index is 13.5. The van der Waals surface area contributed by atoms with E-state index in [0.717, 1.165) is 29.4 Å². The van der Waals surface area contributed by atoms with E-state index in [1.807, 2.05) is 11.0 Å². The number of rotatable bonds is 5. The molecule has 5 rings (SSSR count). The molecule has 0 radical (unpaired) electrons. The average Bonchev–Trinajstić information content (AvgIpc) is 3.51. The van der Waals surface area contributed by atoms with Gasteiger partial charge in [0.15, 0.2) is 5.65 Å². The molecule has 1 fully saturated rings. The normalized spacial score (nSPS) is 15.0. The van der Waals surface area contributed by atoms with Crippen LogP contribution in [0.2, 0.25) is 0 Å². The predicted octanol–water partition coefficient (Wildman–Crippen LogP) is 5.75. The van der Waals surface area contributed by atoms with Crippen molar-refractivity contribution in [2.45, 2.75) is 31.5 Å². The van der Waals surface area contributed by atoms with Gasteiger partial charge >= 0.3 is 6.18 Å². The van der Waals surface area contributed by atoms with Gasteiger partial charge in [-0.15, -0.1) is 11.3 Å². The molecule has 1 aromatic carbocycles. The molecular weight excluding hydrogens is 559 g/mol. The van der Waals surface area contributed by atoms with Crippen LogP contribution in [0.25, 0.3) is 22.4 Å². The number of nitrogens with zero attached hydrogens (tertiary/aromatic N) is 5. The molecule has 36 heavy (non-hydrogen) atoms. The molecule has 0 bridgehead atoms. The lowest BCUT2D eigenvalue weighted by molar-refractivity contribution is -0.138. The van der Waals surface area contributed by atoms with Gasteiger partial charge < -0.3 is 14.2 Å². The highest BCUT2D eigenvalue weighted by atomic mass is 79.9. The van der Waals surface area contributed by atoms with Crippen LogP contribution in [0.4, 0.5) is 13.2 Å². The number of imidazole rings is 1. The van der Waals surface area contributed by atoms with Crippen LogP contribution in [0.15, 0.2) is 46.6 Å². The molecule has 1 aliphatic rings. The molecule has 0 N–H and O–H groups in total. The van der Waals surface area contributed by atoms with Crippen LogP contribution in [-0.2, 0) is 17.5 Å². The van der Waals surface area contributed by atoms with Crippen molar-refractivity contribution in [1.29, 1.82) is 0 Å². The summed E-state index contributed by atoms with van der Waals surface area (Å²) in [5.74, 6) is -0.105. The maximum Gasteiger partial charge on any atom is 0.420 e. The number of amides is 1. The zero-order chi connectivity index (χ0) is 25.4. The van der Waals surface area contributed by atoms with Crippen LogP contribution in [0.5, 0.6) is 5.75 Å². The Morgan fingerprint density at radius 2 is 2.03 bits per heavy atom. The van der Waals surface area contributed by atoms with Crippen LogP contribution in [0, 0.1) is 0 Å². The van der Waals surface area contributed by atoms with Crippen molar-refractivity contribution in [3.8, 4) is 17.0 Å². The Morgan fingerprint density at radius 1 is 1.25 bits per heavy atom. The molecule has 0 atom stereocenters. The quantitative estimate of drug-likeness (QED) is 0.301. The first-order valence-corrected chi connectivity index (χ1v) is 12.9. The Bertz CT molecular complexity index is 1410. The van der Waals surface area contributed by atoms with Gasteiger partial charge in [-0.25, -0.2) is 15.0 Å². The zero-order valence-corrected chi connectivity index (χ0v) is 21.5. The van der Waals surface area contributed by atoms with Crippen LogP contribution < -0.4 is 4.74 Å². The second kappa shape index (κ2) is 9.81. The Kier molecular flexibility index (Phi) is 6.73. The van der Waals surface area contributed by atoms with E-state index in [9.17, 15) is 18.0 Å². The van der Waals surface area contributed by atoms with E-state index < -0.39 is 11.7 Å². The standard InChI is InChI=1S/C24H21BrF3N5O2S/c1-35-21-16(24(26,27)28)9-15(10-17(21)25)19-12-36-23(31-19)14-4-7-32(8-5-14)20(34)11-33-13-30-18-3-2-6-29-22(18)33/h2-3,6,9-10,12-14H,4-5,7-8,11H2,1H3. The lowest BCUT2D eigenvalue weighted by Crippen LogP contribution is -2.39. The summed E-state index contributed by atoms with van der Waals surface area (Å²) in [5, 5.41) is 2.64. The molecule has 1 amide bonds. The van der Waals surface area contributed by atoms with Crippen LogP contribution in [0.1, 0.15) is 29.3 Å². The molecule has 4 aromatic rings. The number of pyridine rings is 1. The van der Waals surface area contributed by atoms with E-state index in [0.29, 0.717) is 30.0 Å². The Labute approximate surface area is 217 Å². The first kappa shape index (κ1) is 24.7. The number of halogens is 4. The van der Waals surface area contributed by atoms with Gasteiger partial charge in [-0.1, -0.05) is 0 Å². The van der Waals surface area contributed by atoms with Crippen molar-refractivity contribution in [2.24, 2.45) is 0 Å². The van der Waals surface area contributed by atoms with Crippen molar-refractivity contribution in [3.05, 3.63) is 57.2 Å². The van der Waals surface area contributed by atoms with Gasteiger partial charge in [-0.2, -0.15) is 13.2 Å². The Hall–Kier alpha value is -2.99. The Morgan fingerprint density at radius 3 is 2.75 bits per heavy atom. The second-order valence-electron chi connectivity index (χ2n) is 8.48. The van der Waals surface area contributed by atoms with Crippen molar-refractivity contribution in [1.82, 2.24) is 24.4 Å². The largest absolute Gasteiger partial charge is 0.495 e. The average molecular weight is 580 g/mol. The highest BCUT2D eigenvalue weighted by Gasteiger charge is 2.36. The number of methoxy groups -OCH3 is 1. The highest BCUT2D eigenvalue weighted by Crippen LogP contribution is 2.43. The molecule has 4 heterocycles. The van der Waals surface area contributed by atoms with Crippen LogP contribution in [-0.4, -0.2) is 50.5 Å². The molecule has 0 spiro atoms. The molecule has 12 heteroatoms. The fraction of sp³-hybridized carbons (Fsp3) is 0.333. The molecule has 1 aliphatic heterocycles. The summed E-state index contributed by atoms with van der Waals surface area (Å²) in [7, 11) is 1.21. The van der Waals surface area contributed by atoms with E-state index in [1.54, 1.807) is 34.6 Å². The van der Waals surface area contributed by atoms with Gasteiger partial charge in [0.2, 0.25) is 5.91 Å². The first-order valence-electron chi connectivity index (χ1n) is 11.2. The van der Waals surface area contributed by atoms with Gasteiger partial charge in [-0.05, 0) is 53.0 Å². The molecule has 3 aromatic heterocycles. The van der Waals surface area contributed by atoms with E-state index in [4.69, 9.17) is 4.74 Å². The number of alkyl halides is 3. The molecule has 188 valence electrons. The first-order chi connectivity index (χ1) is 17.2. The van der Waals surface area contributed by atoms with Crippen molar-refractivity contribution < 1.29 is 22.7 Å². The van der Waals surface area contributed by atoms with Crippen LogP contribution >= 0.6 is 27.3 Å². The fourth-order valence-corrected chi connectivity index (χ4v) is 6.02. The minimum Gasteiger partial charge on any atom is -0.495 e. The minimum atomic E-state index is -4.55. The number of thiazole rings is 1. The number of fused-ring (bicyclic) bond motifs is 1. The van der Waals surface area contributed by atoms with Gasteiger partial charge in [0.25, 0.3) is 0 Å². The summed E-state index contributed by atoms with van der Waals surface area (Å²) in [6.45, 7) is 1.35. The number of piperidine rings is 1. The topological polar surface area (TPSA) is 73.1 Å². The zero-order valence-electron chi connectivity index (χ0n) is 19.1. The molecule has 0 unspecified atom stereocenters. The third-order valence-corrected chi connectivity index (χ3v) is 7.84. The van der Waals surface area contributed by atoms with Gasteiger partial charge in [0.1, 0.15) is 17.8 Å². The highest BCUT2D eigenvalue weighted by molar-refractivity contribution is 9.10. The van der Waals surface area contributed by atoms with Crippen molar-refractivity contribution in [3.63, 3.8) is 0 Å². The van der Waals surface area contributed by atoms with Crippen molar-refractivity contribution in [2.75, 3.05) is 20.2 Å². The smallest absolute Gasteiger partial charge is 0.420 e. The number of carbonyl (C=O) groups is 1. The summed E-state index contributed by atoms with van der Waals surface area (Å²) < 4.78 is 47.6. The SMILES string of the molecule is COc1c(Br)cc(-c2csc(C3CCN(C(=O)Cn4cnc5cccnc54)CC3)n2)cc1C(F)(F)F. The number of hydrogen-bond donors (Lipinski definition) is 0. The summed E-state index contributed by atoms with van der Waals surface area (Å²) >= 11 is 4.62. The van der Waals surface area contributed by atoms with E-state index in [-0.39, 0.29) is 28.6 Å². The molecule has 0 saturated carbocycles. The number of aromatic nitrogens is 4. The van der Waals surface area contributed by atoms with Crippen molar-refractivity contribution >= 4 is 44.3 Å². The summed E-state index contributed by atoms with van der Waals surface area (Å²) in [5.41, 5.74) is 1.43. The Balaban J connectivity index is 1.26. The van der Waals surface area contributed by atoms with E-state index in [1.165, 1.54) is 18.4 Å². The minimum absolute atomic E-state index is 0.000920. The number of carbonyl (C=O) groups excluding carboxylic acids is 1. The predicted molar refractivity (Wildman–Crippen MR) is 133 cm³/mol. The van der Waals surface area contributed by atoms with Gasteiger partial charge in [-0.3, -0.25) is 4.79 Å². The lowest BCUT2D eigenvalue weighted by Gasteiger charge is -2.31. The molecule has 1 saturated heterocycles. The third-order valence-electron chi connectivity index (χ3n) is 6.25. The fourth-order valence-electron chi connectivity index (χ4n) is 4.40. The number of benzene rings is 1. The molecule has 0 aliphatic carbocycles. The monoisotopic (exact) mass is 579 g/mol. The van der Waals surface area contributed by atoms with Crippen LogP contribution in [0.3, 0.4) is 0 Å². The van der Waals surface area contributed by atoms with E-state index in [2.05, 4.69) is 30.9 Å². The second-order valence-corrected chi connectivity index (χ2v) is 10.2. The molecular formula is C24H21BrF3N5O2S. The maximum atomic E-state index is 13.5. The molecule has 7 nitrogen and oxygen atoms in total. The lowest BCUT2D eigenvalue weighted by atomic mass is 9.97. The van der Waals surface area contributed by atoms with E-state index >= 15 is 0 Å². The van der Waals surface area contributed by atoms with Gasteiger partial charge in [0, 0.05) is 36.1 Å². The summed E-state index contributed by atoms with van der Waals surface area (Å²) in [6, 6.07) is 6.31. The summed E-state index contributed by atoms with van der Waals surface area (Å²) in [4.78, 5) is 27.9. The third kappa shape index (κ3) is 4.83. The number of hydrogen-bond acceptors (Lipinski definition) is 6. The summed E-state index contributed by atoms with van der Waals surface area (Å²) in [6.07, 6.45) is 0.221. The number of likely N-dealkylation sites (tertiary alicyclic amines) is 1. The number of ether oxygens (including phenoxy) is 1. The van der Waals surface area contributed by atoms with Gasteiger partial charge in [0.05, 0.1) is 34.2 Å².